The van der Waals surface area contributed by atoms with E-state index in [-0.39, 0.29) is 5.91 Å². The maximum Gasteiger partial charge on any atom is 0.256 e. The molecular weight excluding hydrogens is 373 g/mol. The number of hydrogen-bond donors (Lipinski definition) is 1. The van der Waals surface area contributed by atoms with Crippen LogP contribution in [0.25, 0.3) is 22.6 Å². The quantitative estimate of drug-likeness (QED) is 0.510. The van der Waals surface area contributed by atoms with Gasteiger partial charge in [-0.05, 0) is 42.5 Å². The lowest BCUT2D eigenvalue weighted by molar-refractivity contribution is 0.102. The molecule has 2 aromatic heterocycles. The first kappa shape index (κ1) is 16.6. The Hall–Kier alpha value is -2.89. The first-order valence-electron chi connectivity index (χ1n) is 7.69. The molecule has 0 radical (unpaired) electrons. The van der Waals surface area contributed by atoms with Gasteiger partial charge >= 0.3 is 0 Å². The molecule has 1 amide bonds. The van der Waals surface area contributed by atoms with Crippen molar-refractivity contribution in [1.82, 2.24) is 9.97 Å². The van der Waals surface area contributed by atoms with Crippen LogP contribution in [-0.2, 0) is 0 Å². The van der Waals surface area contributed by atoms with Crippen molar-refractivity contribution in [2.45, 2.75) is 0 Å². The molecule has 1 N–H and O–H groups in total. The fraction of sp³-hybridized carbons (Fsp3) is 0. The Labute approximate surface area is 158 Å². The van der Waals surface area contributed by atoms with E-state index in [0.29, 0.717) is 38.5 Å². The molecule has 2 aromatic carbocycles. The molecule has 0 spiro atoms. The fourth-order valence-electron chi connectivity index (χ4n) is 2.48. The molecule has 0 saturated heterocycles. The van der Waals surface area contributed by atoms with Crippen LogP contribution < -0.4 is 5.32 Å². The lowest BCUT2D eigenvalue weighted by atomic mass is 10.2. The molecule has 0 aliphatic carbocycles. The Bertz CT molecular complexity index is 1090. The van der Waals surface area contributed by atoms with E-state index in [9.17, 15) is 4.79 Å². The van der Waals surface area contributed by atoms with Gasteiger partial charge in [0.2, 0.25) is 5.89 Å². The van der Waals surface area contributed by atoms with Gasteiger partial charge in [-0.1, -0.05) is 35.3 Å². The number of hydrogen-bond acceptors (Lipinski definition) is 4. The highest BCUT2D eigenvalue weighted by atomic mass is 35.5. The second-order valence-corrected chi connectivity index (χ2v) is 6.28. The Morgan fingerprint density at radius 3 is 2.65 bits per heavy atom. The number of para-hydroxylation sites is 2. The third kappa shape index (κ3) is 3.14. The Morgan fingerprint density at radius 2 is 1.85 bits per heavy atom. The summed E-state index contributed by atoms with van der Waals surface area (Å²) in [5.74, 6) is 0.360. The first-order valence-corrected chi connectivity index (χ1v) is 8.45. The molecule has 128 valence electrons. The smallest absolute Gasteiger partial charge is 0.256 e. The number of carbonyl (C=O) groups is 1. The summed E-state index contributed by atoms with van der Waals surface area (Å²) in [6, 6.07) is 15.6. The number of oxazole rings is 1. The molecular formula is C19H11Cl2N3O2. The van der Waals surface area contributed by atoms with Gasteiger partial charge in [-0.25, -0.2) is 9.97 Å². The zero-order valence-corrected chi connectivity index (χ0v) is 14.8. The summed E-state index contributed by atoms with van der Waals surface area (Å²) in [5, 5.41) is 3.45. The van der Waals surface area contributed by atoms with Crippen LogP contribution in [0.1, 0.15) is 10.4 Å². The van der Waals surface area contributed by atoms with Crippen molar-refractivity contribution in [3.8, 4) is 11.5 Å². The van der Waals surface area contributed by atoms with E-state index in [1.165, 1.54) is 6.07 Å². The highest BCUT2D eigenvalue weighted by Crippen LogP contribution is 2.29. The SMILES string of the molecule is O=C(Nc1ncccc1-c1nc2ccccc2o1)c1ccc(Cl)c(Cl)c1. The number of nitrogens with one attached hydrogen (secondary N) is 1. The number of nitrogens with zero attached hydrogens (tertiary/aromatic N) is 2. The second kappa shape index (κ2) is 6.78. The Kier molecular flexibility index (Phi) is 4.32. The van der Waals surface area contributed by atoms with Gasteiger partial charge in [0.25, 0.3) is 5.91 Å². The van der Waals surface area contributed by atoms with Crippen molar-refractivity contribution in [2.24, 2.45) is 0 Å². The van der Waals surface area contributed by atoms with Gasteiger partial charge in [0.1, 0.15) is 11.3 Å². The number of anilines is 1. The number of aromatic nitrogens is 2. The van der Waals surface area contributed by atoms with E-state index in [1.54, 1.807) is 30.5 Å². The van der Waals surface area contributed by atoms with Crippen molar-refractivity contribution < 1.29 is 9.21 Å². The van der Waals surface area contributed by atoms with Gasteiger partial charge in [-0.15, -0.1) is 0 Å². The number of pyridine rings is 1. The lowest BCUT2D eigenvalue weighted by Gasteiger charge is -2.08. The summed E-state index contributed by atoms with van der Waals surface area (Å²) in [7, 11) is 0. The first-order chi connectivity index (χ1) is 12.6. The van der Waals surface area contributed by atoms with Gasteiger partial charge in [0, 0.05) is 11.8 Å². The summed E-state index contributed by atoms with van der Waals surface area (Å²) in [6.07, 6.45) is 1.58. The number of halogens is 2. The zero-order valence-electron chi connectivity index (χ0n) is 13.2. The molecule has 26 heavy (non-hydrogen) atoms. The number of carbonyl (C=O) groups excluding carboxylic acids is 1. The molecule has 4 aromatic rings. The maximum atomic E-state index is 12.5. The minimum atomic E-state index is -0.361. The van der Waals surface area contributed by atoms with Gasteiger partial charge in [-0.3, -0.25) is 4.79 Å². The predicted octanol–water partition coefficient (Wildman–Crippen LogP) is 5.45. The van der Waals surface area contributed by atoms with Crippen molar-refractivity contribution in [3.63, 3.8) is 0 Å². The van der Waals surface area contributed by atoms with E-state index < -0.39 is 0 Å². The Morgan fingerprint density at radius 1 is 1.00 bits per heavy atom. The summed E-state index contributed by atoms with van der Waals surface area (Å²) in [5.41, 5.74) is 2.34. The molecule has 0 atom stereocenters. The molecule has 0 saturated carbocycles. The van der Waals surface area contributed by atoms with Crippen LogP contribution in [0, 0.1) is 0 Å². The molecule has 0 bridgehead atoms. The number of rotatable bonds is 3. The molecule has 0 fully saturated rings. The average Bonchev–Trinajstić information content (AvgIpc) is 3.08. The summed E-state index contributed by atoms with van der Waals surface area (Å²) in [4.78, 5) is 21.2. The van der Waals surface area contributed by atoms with Crippen molar-refractivity contribution in [2.75, 3.05) is 5.32 Å². The maximum absolute atomic E-state index is 12.5. The summed E-state index contributed by atoms with van der Waals surface area (Å²) >= 11 is 11.9. The van der Waals surface area contributed by atoms with Gasteiger partial charge in [0.15, 0.2) is 5.58 Å². The highest BCUT2D eigenvalue weighted by Gasteiger charge is 2.16. The van der Waals surface area contributed by atoms with Gasteiger partial charge in [-0.2, -0.15) is 0 Å². The van der Waals surface area contributed by atoms with Gasteiger partial charge < -0.3 is 9.73 Å². The second-order valence-electron chi connectivity index (χ2n) is 5.47. The topological polar surface area (TPSA) is 68.0 Å². The monoisotopic (exact) mass is 383 g/mol. The molecule has 2 heterocycles. The van der Waals surface area contributed by atoms with Crippen LogP contribution in [0.4, 0.5) is 5.82 Å². The third-order valence-electron chi connectivity index (χ3n) is 3.75. The number of benzene rings is 2. The zero-order chi connectivity index (χ0) is 18.1. The normalized spacial score (nSPS) is 10.8. The molecule has 0 aliphatic heterocycles. The standard InChI is InChI=1S/C19H11Cl2N3O2/c20-13-8-7-11(10-14(13)21)18(25)24-17-12(4-3-9-22-17)19-23-15-5-1-2-6-16(15)26-19/h1-10H,(H,22,24,25). The van der Waals surface area contributed by atoms with E-state index >= 15 is 0 Å². The minimum absolute atomic E-state index is 0.305. The van der Waals surface area contributed by atoms with E-state index in [0.717, 1.165) is 5.52 Å². The largest absolute Gasteiger partial charge is 0.436 e. The van der Waals surface area contributed by atoms with Crippen LogP contribution in [-0.4, -0.2) is 15.9 Å². The van der Waals surface area contributed by atoms with Crippen molar-refractivity contribution >= 4 is 46.0 Å². The predicted molar refractivity (Wildman–Crippen MR) is 102 cm³/mol. The minimum Gasteiger partial charge on any atom is -0.436 e. The van der Waals surface area contributed by atoms with Crippen LogP contribution in [0.5, 0.6) is 0 Å². The lowest BCUT2D eigenvalue weighted by Crippen LogP contribution is -2.13. The average molecular weight is 384 g/mol. The number of fused-ring (bicyclic) bond motifs is 1. The molecule has 5 nitrogen and oxygen atoms in total. The summed E-state index contributed by atoms with van der Waals surface area (Å²) < 4.78 is 5.78. The Balaban J connectivity index is 1.69. The van der Waals surface area contributed by atoms with E-state index in [4.69, 9.17) is 27.6 Å². The molecule has 0 unspecified atom stereocenters. The van der Waals surface area contributed by atoms with Crippen molar-refractivity contribution in [3.05, 3.63) is 76.4 Å². The van der Waals surface area contributed by atoms with Crippen LogP contribution >= 0.6 is 23.2 Å². The van der Waals surface area contributed by atoms with Crippen LogP contribution in [0.3, 0.4) is 0 Å². The van der Waals surface area contributed by atoms with E-state index in [1.807, 2.05) is 24.3 Å². The summed E-state index contributed by atoms with van der Waals surface area (Å²) in [6.45, 7) is 0. The number of amides is 1. The van der Waals surface area contributed by atoms with Crippen LogP contribution in [0.2, 0.25) is 10.0 Å². The van der Waals surface area contributed by atoms with E-state index in [2.05, 4.69) is 15.3 Å². The van der Waals surface area contributed by atoms with Crippen molar-refractivity contribution in [1.29, 1.82) is 0 Å². The molecule has 4 rings (SSSR count). The fourth-order valence-corrected chi connectivity index (χ4v) is 2.78. The third-order valence-corrected chi connectivity index (χ3v) is 4.48. The van der Waals surface area contributed by atoms with Gasteiger partial charge in [0.05, 0.1) is 15.6 Å². The molecule has 7 heteroatoms. The van der Waals surface area contributed by atoms with Crippen LogP contribution in [0.15, 0.2) is 65.2 Å². The molecule has 0 aliphatic rings. The highest BCUT2D eigenvalue weighted by molar-refractivity contribution is 6.42.